The Morgan fingerprint density at radius 1 is 1.29 bits per heavy atom. The zero-order valence-electron chi connectivity index (χ0n) is 16.0. The van der Waals surface area contributed by atoms with Crippen LogP contribution in [0, 0.1) is 0 Å². The fourth-order valence-corrected chi connectivity index (χ4v) is 4.83. The standard InChI is InChI=1S/C21H23N3O3S/c1-3-27-15-10-8-14(9-11-15)23-19(25)13(2)24-12-22-20-18(21(24)26)16-6-4-5-7-17(16)28-20/h8-13H,3-7H2,1-2H3,(H,23,25). The lowest BCUT2D eigenvalue weighted by molar-refractivity contribution is -0.118. The van der Waals surface area contributed by atoms with Gasteiger partial charge in [0.1, 0.15) is 16.6 Å². The quantitative estimate of drug-likeness (QED) is 0.708. The molecule has 3 aromatic rings. The van der Waals surface area contributed by atoms with Crippen LogP contribution in [-0.4, -0.2) is 22.1 Å². The van der Waals surface area contributed by atoms with Crippen LogP contribution in [0.5, 0.6) is 5.75 Å². The summed E-state index contributed by atoms with van der Waals surface area (Å²) in [5.41, 5.74) is 1.67. The lowest BCUT2D eigenvalue weighted by atomic mass is 9.97. The van der Waals surface area contributed by atoms with Crippen LogP contribution < -0.4 is 15.6 Å². The van der Waals surface area contributed by atoms with E-state index in [0.29, 0.717) is 17.7 Å². The smallest absolute Gasteiger partial charge is 0.263 e. The van der Waals surface area contributed by atoms with Gasteiger partial charge in [-0.05, 0) is 69.4 Å². The molecule has 0 saturated carbocycles. The van der Waals surface area contributed by atoms with E-state index in [1.165, 1.54) is 15.8 Å². The van der Waals surface area contributed by atoms with E-state index in [9.17, 15) is 9.59 Å². The molecule has 7 heteroatoms. The highest BCUT2D eigenvalue weighted by atomic mass is 32.1. The van der Waals surface area contributed by atoms with Crippen LogP contribution in [0.4, 0.5) is 5.69 Å². The molecule has 1 aliphatic carbocycles. The summed E-state index contributed by atoms with van der Waals surface area (Å²) >= 11 is 1.61. The molecular formula is C21H23N3O3S. The van der Waals surface area contributed by atoms with Crippen LogP contribution in [0.3, 0.4) is 0 Å². The zero-order chi connectivity index (χ0) is 19.7. The molecule has 4 rings (SSSR count). The predicted octanol–water partition coefficient (Wildman–Crippen LogP) is 3.94. The molecule has 28 heavy (non-hydrogen) atoms. The van der Waals surface area contributed by atoms with Crippen molar-refractivity contribution in [3.05, 3.63) is 51.4 Å². The first-order valence-corrected chi connectivity index (χ1v) is 10.4. The normalized spacial score (nSPS) is 14.5. The van der Waals surface area contributed by atoms with E-state index in [2.05, 4.69) is 10.3 Å². The second kappa shape index (κ2) is 7.75. The first-order chi connectivity index (χ1) is 13.6. The van der Waals surface area contributed by atoms with Gasteiger partial charge in [0.15, 0.2) is 0 Å². The summed E-state index contributed by atoms with van der Waals surface area (Å²) in [5, 5.41) is 3.56. The summed E-state index contributed by atoms with van der Waals surface area (Å²) in [7, 11) is 0. The second-order valence-electron chi connectivity index (χ2n) is 6.97. The van der Waals surface area contributed by atoms with Crippen LogP contribution in [0.25, 0.3) is 10.2 Å². The van der Waals surface area contributed by atoms with Crippen molar-refractivity contribution in [3.63, 3.8) is 0 Å². The lowest BCUT2D eigenvalue weighted by Crippen LogP contribution is -2.32. The van der Waals surface area contributed by atoms with Crippen LogP contribution in [-0.2, 0) is 17.6 Å². The number of rotatable bonds is 5. The van der Waals surface area contributed by atoms with E-state index in [4.69, 9.17) is 4.74 Å². The minimum atomic E-state index is -0.657. The molecule has 1 unspecified atom stereocenters. The van der Waals surface area contributed by atoms with Gasteiger partial charge in [-0.15, -0.1) is 11.3 Å². The fraction of sp³-hybridized carbons (Fsp3) is 0.381. The molecule has 0 aliphatic heterocycles. The van der Waals surface area contributed by atoms with Gasteiger partial charge < -0.3 is 10.1 Å². The van der Waals surface area contributed by atoms with Gasteiger partial charge in [0, 0.05) is 10.6 Å². The summed E-state index contributed by atoms with van der Waals surface area (Å²) in [6.45, 7) is 4.23. The number of carbonyl (C=O) groups is 1. The lowest BCUT2D eigenvalue weighted by Gasteiger charge is -2.16. The Kier molecular flexibility index (Phi) is 5.17. The molecule has 1 amide bonds. The average molecular weight is 398 g/mol. The van der Waals surface area contributed by atoms with E-state index in [1.54, 1.807) is 42.5 Å². The Morgan fingerprint density at radius 2 is 2.04 bits per heavy atom. The number of carbonyl (C=O) groups excluding carboxylic acids is 1. The largest absolute Gasteiger partial charge is 0.494 e. The number of benzene rings is 1. The number of hydrogen-bond donors (Lipinski definition) is 1. The number of fused-ring (bicyclic) bond motifs is 3. The Labute approximate surface area is 167 Å². The predicted molar refractivity (Wildman–Crippen MR) is 111 cm³/mol. The van der Waals surface area contributed by atoms with E-state index < -0.39 is 6.04 Å². The number of nitrogens with one attached hydrogen (secondary N) is 1. The molecule has 0 fully saturated rings. The van der Waals surface area contributed by atoms with Crippen LogP contribution >= 0.6 is 11.3 Å². The molecule has 0 radical (unpaired) electrons. The highest BCUT2D eigenvalue weighted by Gasteiger charge is 2.23. The zero-order valence-corrected chi connectivity index (χ0v) is 16.8. The minimum absolute atomic E-state index is 0.126. The number of anilines is 1. The van der Waals surface area contributed by atoms with Gasteiger partial charge in [-0.25, -0.2) is 4.98 Å². The average Bonchev–Trinajstić information content (AvgIpc) is 3.09. The summed E-state index contributed by atoms with van der Waals surface area (Å²) in [6, 6.07) is 6.53. The molecule has 1 aliphatic rings. The van der Waals surface area contributed by atoms with Crippen LogP contribution in [0.15, 0.2) is 35.4 Å². The van der Waals surface area contributed by atoms with Crippen molar-refractivity contribution in [2.45, 2.75) is 45.6 Å². The molecule has 0 bridgehead atoms. The molecule has 2 heterocycles. The summed E-state index contributed by atoms with van der Waals surface area (Å²) < 4.78 is 6.85. The van der Waals surface area contributed by atoms with Crippen molar-refractivity contribution < 1.29 is 9.53 Å². The molecule has 2 aromatic heterocycles. The Hall–Kier alpha value is -2.67. The van der Waals surface area contributed by atoms with Crippen molar-refractivity contribution in [3.8, 4) is 5.75 Å². The minimum Gasteiger partial charge on any atom is -0.494 e. The van der Waals surface area contributed by atoms with Crippen molar-refractivity contribution in [2.75, 3.05) is 11.9 Å². The molecule has 146 valence electrons. The molecular weight excluding hydrogens is 374 g/mol. The molecule has 1 atom stereocenters. The number of ether oxygens (including phenoxy) is 1. The van der Waals surface area contributed by atoms with Crippen molar-refractivity contribution in [2.24, 2.45) is 0 Å². The maximum atomic E-state index is 13.1. The monoisotopic (exact) mass is 397 g/mol. The number of aryl methyl sites for hydroxylation is 2. The first-order valence-electron chi connectivity index (χ1n) is 9.63. The van der Waals surface area contributed by atoms with Gasteiger partial charge in [0.05, 0.1) is 18.3 Å². The topological polar surface area (TPSA) is 73.2 Å². The Balaban J connectivity index is 1.59. The maximum absolute atomic E-state index is 13.1. The third-order valence-corrected chi connectivity index (χ3v) is 6.33. The number of hydrogen-bond acceptors (Lipinski definition) is 5. The third kappa shape index (κ3) is 3.42. The van der Waals surface area contributed by atoms with E-state index in [0.717, 1.165) is 41.8 Å². The van der Waals surface area contributed by atoms with E-state index in [-0.39, 0.29) is 11.5 Å². The van der Waals surface area contributed by atoms with Gasteiger partial charge in [-0.2, -0.15) is 0 Å². The summed E-state index contributed by atoms with van der Waals surface area (Å²) in [4.78, 5) is 32.4. The van der Waals surface area contributed by atoms with Crippen molar-refractivity contribution in [1.29, 1.82) is 0 Å². The Bertz CT molecular complexity index is 1070. The van der Waals surface area contributed by atoms with Crippen LogP contribution in [0.1, 0.15) is 43.2 Å². The first kappa shape index (κ1) is 18.7. The van der Waals surface area contributed by atoms with Crippen LogP contribution in [0.2, 0.25) is 0 Å². The molecule has 6 nitrogen and oxygen atoms in total. The van der Waals surface area contributed by atoms with Gasteiger partial charge in [0.2, 0.25) is 5.91 Å². The van der Waals surface area contributed by atoms with E-state index >= 15 is 0 Å². The molecule has 1 aromatic carbocycles. The highest BCUT2D eigenvalue weighted by molar-refractivity contribution is 7.18. The number of amides is 1. The fourth-order valence-electron chi connectivity index (χ4n) is 3.61. The van der Waals surface area contributed by atoms with Gasteiger partial charge >= 0.3 is 0 Å². The SMILES string of the molecule is CCOc1ccc(NC(=O)C(C)n2cnc3sc4c(c3c2=O)CCCC4)cc1. The second-order valence-corrected chi connectivity index (χ2v) is 8.05. The van der Waals surface area contributed by atoms with E-state index in [1.807, 2.05) is 6.92 Å². The number of thiophene rings is 1. The van der Waals surface area contributed by atoms with Gasteiger partial charge in [0.25, 0.3) is 5.56 Å². The van der Waals surface area contributed by atoms with Crippen molar-refractivity contribution in [1.82, 2.24) is 9.55 Å². The molecule has 0 saturated heterocycles. The Morgan fingerprint density at radius 3 is 2.79 bits per heavy atom. The molecule has 0 spiro atoms. The molecule has 1 N–H and O–H groups in total. The summed E-state index contributed by atoms with van der Waals surface area (Å²) in [5.74, 6) is 0.498. The van der Waals surface area contributed by atoms with Gasteiger partial charge in [-0.3, -0.25) is 14.2 Å². The maximum Gasteiger partial charge on any atom is 0.263 e. The highest BCUT2D eigenvalue weighted by Crippen LogP contribution is 2.33. The summed E-state index contributed by atoms with van der Waals surface area (Å²) in [6.07, 6.45) is 5.69. The van der Waals surface area contributed by atoms with Crippen molar-refractivity contribution >= 4 is 33.1 Å². The number of aromatic nitrogens is 2. The number of nitrogens with zero attached hydrogens (tertiary/aromatic N) is 2. The van der Waals surface area contributed by atoms with Gasteiger partial charge in [-0.1, -0.05) is 0 Å². The third-order valence-electron chi connectivity index (χ3n) is 5.13.